The molecule has 0 spiro atoms. The van der Waals surface area contributed by atoms with Crippen molar-refractivity contribution in [2.45, 2.75) is 51.8 Å². The van der Waals surface area contributed by atoms with Gasteiger partial charge in [0.05, 0.1) is 12.3 Å². The Hall–Kier alpha value is -1.73. The number of fused-ring (bicyclic) bond motifs is 1. The SMILES string of the molecule is Cc1cc(C)n(Cc2nc([C@H]3CN4CCCC[C@H]4CO3)no2)n1. The van der Waals surface area contributed by atoms with Gasteiger partial charge >= 0.3 is 0 Å². The first-order chi connectivity index (χ1) is 11.2. The molecule has 2 fully saturated rings. The van der Waals surface area contributed by atoms with E-state index in [4.69, 9.17) is 9.26 Å². The van der Waals surface area contributed by atoms with E-state index in [9.17, 15) is 0 Å². The van der Waals surface area contributed by atoms with Crippen molar-refractivity contribution >= 4 is 0 Å². The van der Waals surface area contributed by atoms with Gasteiger partial charge < -0.3 is 9.26 Å². The maximum atomic E-state index is 5.98. The van der Waals surface area contributed by atoms with Crippen molar-refractivity contribution in [2.75, 3.05) is 19.7 Å². The average Bonchev–Trinajstić information content (AvgIpc) is 3.14. The molecule has 2 aromatic heterocycles. The maximum Gasteiger partial charge on any atom is 0.248 e. The molecule has 7 heteroatoms. The highest BCUT2D eigenvalue weighted by Gasteiger charge is 2.33. The molecule has 0 N–H and O–H groups in total. The van der Waals surface area contributed by atoms with Crippen LogP contribution in [0.2, 0.25) is 0 Å². The number of aryl methyl sites for hydroxylation is 2. The number of aromatic nitrogens is 4. The first kappa shape index (κ1) is 14.8. The van der Waals surface area contributed by atoms with Gasteiger partial charge in [-0.1, -0.05) is 11.6 Å². The van der Waals surface area contributed by atoms with E-state index in [0.717, 1.165) is 31.1 Å². The fourth-order valence-corrected chi connectivity index (χ4v) is 3.56. The Kier molecular flexibility index (Phi) is 3.90. The van der Waals surface area contributed by atoms with Crippen molar-refractivity contribution in [3.05, 3.63) is 29.2 Å². The fourth-order valence-electron chi connectivity index (χ4n) is 3.56. The Morgan fingerprint density at radius 2 is 2.22 bits per heavy atom. The molecule has 124 valence electrons. The van der Waals surface area contributed by atoms with Crippen molar-refractivity contribution < 1.29 is 9.26 Å². The lowest BCUT2D eigenvalue weighted by atomic mass is 10.0. The van der Waals surface area contributed by atoms with E-state index in [0.29, 0.717) is 24.3 Å². The number of hydrogen-bond donors (Lipinski definition) is 0. The van der Waals surface area contributed by atoms with Gasteiger partial charge in [-0.05, 0) is 39.3 Å². The molecule has 0 saturated carbocycles. The van der Waals surface area contributed by atoms with E-state index in [2.05, 4.69) is 20.1 Å². The maximum absolute atomic E-state index is 5.98. The van der Waals surface area contributed by atoms with Crippen molar-refractivity contribution in [1.29, 1.82) is 0 Å². The second-order valence-corrected chi connectivity index (χ2v) is 6.60. The van der Waals surface area contributed by atoms with Crippen LogP contribution in [-0.2, 0) is 11.3 Å². The fraction of sp³-hybridized carbons (Fsp3) is 0.688. The van der Waals surface area contributed by atoms with Crippen LogP contribution in [0.1, 0.15) is 48.5 Å². The Morgan fingerprint density at radius 3 is 3.04 bits per heavy atom. The van der Waals surface area contributed by atoms with E-state index in [1.165, 1.54) is 19.3 Å². The highest BCUT2D eigenvalue weighted by atomic mass is 16.5. The molecule has 23 heavy (non-hydrogen) atoms. The molecule has 0 unspecified atom stereocenters. The van der Waals surface area contributed by atoms with Crippen LogP contribution in [-0.4, -0.2) is 50.6 Å². The predicted octanol–water partition coefficient (Wildman–Crippen LogP) is 1.86. The van der Waals surface area contributed by atoms with Gasteiger partial charge in [-0.3, -0.25) is 9.58 Å². The van der Waals surface area contributed by atoms with Crippen LogP contribution in [0.25, 0.3) is 0 Å². The van der Waals surface area contributed by atoms with E-state index in [-0.39, 0.29) is 6.10 Å². The Bertz CT molecular complexity index is 680. The Balaban J connectivity index is 1.44. The Labute approximate surface area is 135 Å². The summed E-state index contributed by atoms with van der Waals surface area (Å²) in [5.74, 6) is 1.24. The van der Waals surface area contributed by atoms with Crippen molar-refractivity contribution in [3.8, 4) is 0 Å². The van der Waals surface area contributed by atoms with Gasteiger partial charge in [0.15, 0.2) is 0 Å². The molecule has 0 amide bonds. The third kappa shape index (κ3) is 3.03. The zero-order valence-corrected chi connectivity index (χ0v) is 13.7. The molecular weight excluding hydrogens is 294 g/mol. The van der Waals surface area contributed by atoms with E-state index < -0.39 is 0 Å². The molecule has 2 aliphatic heterocycles. The minimum atomic E-state index is -0.0812. The highest BCUT2D eigenvalue weighted by molar-refractivity contribution is 5.07. The normalized spacial score (nSPS) is 25.5. The van der Waals surface area contributed by atoms with Crippen molar-refractivity contribution in [1.82, 2.24) is 24.8 Å². The molecule has 7 nitrogen and oxygen atoms in total. The summed E-state index contributed by atoms with van der Waals surface area (Å²) in [6, 6.07) is 2.61. The first-order valence-electron chi connectivity index (χ1n) is 8.38. The van der Waals surface area contributed by atoms with E-state index in [1.54, 1.807) is 0 Å². The third-order valence-corrected chi connectivity index (χ3v) is 4.80. The zero-order valence-electron chi connectivity index (χ0n) is 13.7. The smallest absolute Gasteiger partial charge is 0.248 e. The molecule has 2 aromatic rings. The minimum absolute atomic E-state index is 0.0812. The standard InChI is InChI=1S/C16H23N5O2/c1-11-7-12(2)21(18-11)9-15-17-16(19-23-15)14-8-20-6-4-3-5-13(20)10-22-14/h7,13-14H,3-6,8-10H2,1-2H3/t13-,14+/m0/s1. The summed E-state index contributed by atoms with van der Waals surface area (Å²) >= 11 is 0. The summed E-state index contributed by atoms with van der Waals surface area (Å²) in [6.45, 7) is 7.30. The summed E-state index contributed by atoms with van der Waals surface area (Å²) in [4.78, 5) is 7.04. The van der Waals surface area contributed by atoms with E-state index in [1.807, 2.05) is 24.6 Å². The highest BCUT2D eigenvalue weighted by Crippen LogP contribution is 2.28. The lowest BCUT2D eigenvalue weighted by Crippen LogP contribution is -2.49. The lowest BCUT2D eigenvalue weighted by molar-refractivity contribution is -0.0805. The lowest BCUT2D eigenvalue weighted by Gasteiger charge is -2.41. The second-order valence-electron chi connectivity index (χ2n) is 6.60. The second kappa shape index (κ2) is 6.05. The third-order valence-electron chi connectivity index (χ3n) is 4.80. The zero-order chi connectivity index (χ0) is 15.8. The molecule has 4 rings (SSSR count). The average molecular weight is 317 g/mol. The van der Waals surface area contributed by atoms with Gasteiger partial charge in [-0.25, -0.2) is 0 Å². The summed E-state index contributed by atoms with van der Waals surface area (Å²) in [7, 11) is 0. The summed E-state index contributed by atoms with van der Waals surface area (Å²) in [5, 5.41) is 8.56. The van der Waals surface area contributed by atoms with Crippen LogP contribution in [0.4, 0.5) is 0 Å². The van der Waals surface area contributed by atoms with Crippen LogP contribution in [0.3, 0.4) is 0 Å². The molecule has 0 aromatic carbocycles. The number of piperidine rings is 1. The monoisotopic (exact) mass is 317 g/mol. The quantitative estimate of drug-likeness (QED) is 0.860. The first-order valence-corrected chi connectivity index (χ1v) is 8.38. The van der Waals surface area contributed by atoms with Crippen LogP contribution < -0.4 is 0 Å². The molecule has 0 radical (unpaired) electrons. The van der Waals surface area contributed by atoms with Gasteiger partial charge in [0.2, 0.25) is 11.7 Å². The topological polar surface area (TPSA) is 69.2 Å². The van der Waals surface area contributed by atoms with Gasteiger partial charge in [0.1, 0.15) is 12.6 Å². The molecule has 4 heterocycles. The number of morpholine rings is 1. The van der Waals surface area contributed by atoms with Gasteiger partial charge in [-0.2, -0.15) is 10.1 Å². The minimum Gasteiger partial charge on any atom is -0.367 e. The molecule has 2 atom stereocenters. The molecule has 0 bridgehead atoms. The number of hydrogen-bond acceptors (Lipinski definition) is 6. The Morgan fingerprint density at radius 1 is 1.30 bits per heavy atom. The summed E-state index contributed by atoms with van der Waals surface area (Å²) in [6.07, 6.45) is 3.74. The van der Waals surface area contributed by atoms with Crippen LogP contribution in [0, 0.1) is 13.8 Å². The molecule has 0 aliphatic carbocycles. The van der Waals surface area contributed by atoms with Crippen LogP contribution in [0.15, 0.2) is 10.6 Å². The van der Waals surface area contributed by atoms with Crippen molar-refractivity contribution in [2.24, 2.45) is 0 Å². The van der Waals surface area contributed by atoms with E-state index >= 15 is 0 Å². The van der Waals surface area contributed by atoms with Crippen molar-refractivity contribution in [3.63, 3.8) is 0 Å². The molecule has 2 aliphatic rings. The number of nitrogens with zero attached hydrogens (tertiary/aromatic N) is 5. The summed E-state index contributed by atoms with van der Waals surface area (Å²) in [5.41, 5.74) is 2.08. The largest absolute Gasteiger partial charge is 0.367 e. The van der Waals surface area contributed by atoms with Gasteiger partial charge in [0.25, 0.3) is 0 Å². The van der Waals surface area contributed by atoms with Crippen LogP contribution in [0.5, 0.6) is 0 Å². The molecule has 2 saturated heterocycles. The predicted molar refractivity (Wildman–Crippen MR) is 83.0 cm³/mol. The summed E-state index contributed by atoms with van der Waals surface area (Å²) < 4.78 is 13.3. The molecular formula is C16H23N5O2. The number of rotatable bonds is 3. The van der Waals surface area contributed by atoms with Crippen LogP contribution >= 0.6 is 0 Å². The van der Waals surface area contributed by atoms with Gasteiger partial charge in [0, 0.05) is 18.3 Å². The number of ether oxygens (including phenoxy) is 1. The van der Waals surface area contributed by atoms with Gasteiger partial charge in [-0.15, -0.1) is 0 Å².